The molecular weight excluding hydrogens is 436 g/mol. The lowest BCUT2D eigenvalue weighted by atomic mass is 9.88. The molecule has 0 aliphatic heterocycles. The molecule has 0 aliphatic carbocycles. The van der Waals surface area contributed by atoms with Crippen LogP contribution >= 0.6 is 0 Å². The van der Waals surface area contributed by atoms with Gasteiger partial charge in [-0.2, -0.15) is 0 Å². The predicted molar refractivity (Wildman–Crippen MR) is 150 cm³/mol. The zero-order chi connectivity index (χ0) is 24.2. The summed E-state index contributed by atoms with van der Waals surface area (Å²) in [4.78, 5) is 0. The van der Waals surface area contributed by atoms with Crippen LogP contribution in [0.3, 0.4) is 0 Å². The second kappa shape index (κ2) is 9.81. The average Bonchev–Trinajstić information content (AvgIpc) is 2.97. The van der Waals surface area contributed by atoms with Gasteiger partial charge in [0.25, 0.3) is 0 Å². The molecule has 0 saturated carbocycles. The van der Waals surface area contributed by atoms with E-state index in [2.05, 4.69) is 126 Å². The highest BCUT2D eigenvalue weighted by Gasteiger charge is 2.19. The summed E-state index contributed by atoms with van der Waals surface area (Å²) < 4.78 is 0. The minimum Gasteiger partial charge on any atom is -0.150 e. The summed E-state index contributed by atoms with van der Waals surface area (Å²) in [6.07, 6.45) is 2.25. The lowest BCUT2D eigenvalue weighted by Crippen LogP contribution is -1.99. The van der Waals surface area contributed by atoms with E-state index in [-0.39, 0.29) is 0 Å². The van der Waals surface area contributed by atoms with E-state index >= 15 is 0 Å². The summed E-state index contributed by atoms with van der Waals surface area (Å²) in [5, 5.41) is 10.5. The first-order valence-corrected chi connectivity index (χ1v) is 12.1. The van der Waals surface area contributed by atoms with Crippen molar-refractivity contribution in [1.82, 2.24) is 10.2 Å². The second-order valence-electron chi connectivity index (χ2n) is 8.69. The van der Waals surface area contributed by atoms with Crippen molar-refractivity contribution >= 4 is 22.6 Å². The van der Waals surface area contributed by atoms with Gasteiger partial charge in [0.15, 0.2) is 0 Å². The lowest BCUT2D eigenvalue weighted by molar-refractivity contribution is 1.08. The molecule has 0 amide bonds. The molecule has 6 aromatic rings. The highest BCUT2D eigenvalue weighted by Crippen LogP contribution is 2.40. The van der Waals surface area contributed by atoms with Crippen LogP contribution in [0.25, 0.3) is 44.9 Å². The van der Waals surface area contributed by atoms with Gasteiger partial charge < -0.3 is 0 Å². The minimum atomic E-state index is 0.880. The third kappa shape index (κ3) is 4.21. The predicted octanol–water partition coefficient (Wildman–Crippen LogP) is 8.55. The Kier molecular flexibility index (Phi) is 5.91. The van der Waals surface area contributed by atoms with Crippen molar-refractivity contribution in [1.29, 1.82) is 0 Å². The SMILES string of the molecule is C(=C(c1ccccc1)c1ccccc1-c1nnc2ccccc2c1-c1ccccc1)c1ccccc1. The van der Waals surface area contributed by atoms with Gasteiger partial charge in [-0.25, -0.2) is 0 Å². The molecule has 0 saturated heterocycles. The van der Waals surface area contributed by atoms with Gasteiger partial charge in [-0.1, -0.05) is 133 Å². The Morgan fingerprint density at radius 2 is 1.14 bits per heavy atom. The first kappa shape index (κ1) is 21.7. The van der Waals surface area contributed by atoms with Crippen molar-refractivity contribution in [3.05, 3.63) is 156 Å². The van der Waals surface area contributed by atoms with E-state index in [0.717, 1.165) is 55.6 Å². The molecule has 1 aromatic heterocycles. The first-order valence-electron chi connectivity index (χ1n) is 12.1. The largest absolute Gasteiger partial charge is 0.150 e. The summed E-state index contributed by atoms with van der Waals surface area (Å²) in [6.45, 7) is 0. The van der Waals surface area contributed by atoms with Crippen molar-refractivity contribution in [2.75, 3.05) is 0 Å². The normalized spacial score (nSPS) is 11.5. The molecule has 2 nitrogen and oxygen atoms in total. The highest BCUT2D eigenvalue weighted by molar-refractivity contribution is 6.04. The van der Waals surface area contributed by atoms with Crippen molar-refractivity contribution in [2.45, 2.75) is 0 Å². The Hall–Kier alpha value is -4.82. The van der Waals surface area contributed by atoms with Gasteiger partial charge in [0, 0.05) is 16.5 Å². The number of fused-ring (bicyclic) bond motifs is 1. The fourth-order valence-corrected chi connectivity index (χ4v) is 4.71. The quantitative estimate of drug-likeness (QED) is 0.241. The molecule has 0 unspecified atom stereocenters. The van der Waals surface area contributed by atoms with Crippen LogP contribution in [0.2, 0.25) is 0 Å². The molecule has 2 heteroatoms. The van der Waals surface area contributed by atoms with E-state index in [1.54, 1.807) is 0 Å². The van der Waals surface area contributed by atoms with Crippen LogP contribution < -0.4 is 0 Å². The van der Waals surface area contributed by atoms with E-state index in [4.69, 9.17) is 5.10 Å². The van der Waals surface area contributed by atoms with E-state index in [1.807, 2.05) is 24.3 Å². The number of aromatic nitrogens is 2. The van der Waals surface area contributed by atoms with Crippen molar-refractivity contribution in [3.63, 3.8) is 0 Å². The Balaban J connectivity index is 1.65. The number of rotatable bonds is 5. The molecule has 0 spiro atoms. The Morgan fingerprint density at radius 1 is 0.528 bits per heavy atom. The molecule has 6 rings (SSSR count). The molecule has 0 aliphatic rings. The topological polar surface area (TPSA) is 25.8 Å². The van der Waals surface area contributed by atoms with Gasteiger partial charge in [-0.3, -0.25) is 0 Å². The van der Waals surface area contributed by atoms with Crippen LogP contribution in [0.4, 0.5) is 0 Å². The van der Waals surface area contributed by atoms with Gasteiger partial charge in [0.1, 0.15) is 5.69 Å². The fourth-order valence-electron chi connectivity index (χ4n) is 4.71. The molecular formula is C34H24N2. The summed E-state index contributed by atoms with van der Waals surface area (Å²) >= 11 is 0. The van der Waals surface area contributed by atoms with Gasteiger partial charge in [-0.15, -0.1) is 10.2 Å². The average molecular weight is 461 g/mol. The first-order chi connectivity index (χ1) is 17.9. The number of hydrogen-bond acceptors (Lipinski definition) is 2. The summed E-state index contributed by atoms with van der Waals surface area (Å²) in [7, 11) is 0. The maximum Gasteiger partial charge on any atom is 0.102 e. The zero-order valence-corrected chi connectivity index (χ0v) is 19.8. The van der Waals surface area contributed by atoms with Crippen molar-refractivity contribution in [2.24, 2.45) is 0 Å². The molecule has 5 aromatic carbocycles. The van der Waals surface area contributed by atoms with Crippen molar-refractivity contribution in [3.8, 4) is 22.4 Å². The summed E-state index contributed by atoms with van der Waals surface area (Å²) in [5.74, 6) is 0. The van der Waals surface area contributed by atoms with Crippen LogP contribution in [-0.4, -0.2) is 10.2 Å². The molecule has 0 fully saturated rings. The summed E-state index contributed by atoms with van der Waals surface area (Å²) in [6, 6.07) is 48.2. The van der Waals surface area contributed by atoms with E-state index < -0.39 is 0 Å². The Labute approximate surface area is 211 Å². The van der Waals surface area contributed by atoms with Gasteiger partial charge >= 0.3 is 0 Å². The number of hydrogen-bond donors (Lipinski definition) is 0. The van der Waals surface area contributed by atoms with Gasteiger partial charge in [0.2, 0.25) is 0 Å². The molecule has 0 atom stereocenters. The Bertz CT molecular complexity index is 1650. The second-order valence-corrected chi connectivity index (χ2v) is 8.69. The highest BCUT2D eigenvalue weighted by atomic mass is 15.1. The van der Waals surface area contributed by atoms with Crippen LogP contribution in [0, 0.1) is 0 Å². The molecule has 170 valence electrons. The van der Waals surface area contributed by atoms with Crippen LogP contribution in [-0.2, 0) is 0 Å². The maximum absolute atomic E-state index is 4.82. The van der Waals surface area contributed by atoms with Gasteiger partial charge in [0.05, 0.1) is 5.52 Å². The number of benzene rings is 5. The molecule has 0 N–H and O–H groups in total. The van der Waals surface area contributed by atoms with E-state index in [9.17, 15) is 0 Å². The third-order valence-corrected chi connectivity index (χ3v) is 6.40. The van der Waals surface area contributed by atoms with E-state index in [1.165, 1.54) is 0 Å². The fraction of sp³-hybridized carbons (Fsp3) is 0. The Morgan fingerprint density at radius 3 is 1.92 bits per heavy atom. The molecule has 1 heterocycles. The summed E-state index contributed by atoms with van der Waals surface area (Å²) in [5.41, 5.74) is 9.62. The van der Waals surface area contributed by atoms with Crippen molar-refractivity contribution < 1.29 is 0 Å². The van der Waals surface area contributed by atoms with Crippen LogP contribution in [0.1, 0.15) is 16.7 Å². The van der Waals surface area contributed by atoms with E-state index in [0.29, 0.717) is 0 Å². The lowest BCUT2D eigenvalue weighted by Gasteiger charge is -2.17. The monoisotopic (exact) mass is 460 g/mol. The van der Waals surface area contributed by atoms with Crippen LogP contribution in [0.5, 0.6) is 0 Å². The molecule has 36 heavy (non-hydrogen) atoms. The standard InChI is InChI=1S/C34H24N2/c1-4-14-25(15-5-1)24-31(26-16-6-2-7-17-26)28-20-10-11-21-29(28)34-33(27-18-8-3-9-19-27)30-22-12-13-23-32(30)35-36-34/h1-24H. The number of nitrogens with zero attached hydrogens (tertiary/aromatic N) is 2. The third-order valence-electron chi connectivity index (χ3n) is 6.40. The minimum absolute atomic E-state index is 0.880. The van der Waals surface area contributed by atoms with Gasteiger partial charge in [-0.05, 0) is 40.0 Å². The smallest absolute Gasteiger partial charge is 0.102 e. The zero-order valence-electron chi connectivity index (χ0n) is 19.8. The maximum atomic E-state index is 4.82. The van der Waals surface area contributed by atoms with Crippen LogP contribution in [0.15, 0.2) is 140 Å². The molecule has 0 radical (unpaired) electrons. The molecule has 0 bridgehead atoms.